The minimum atomic E-state index is -0.0149. The van der Waals surface area contributed by atoms with E-state index < -0.39 is 0 Å². The highest BCUT2D eigenvalue weighted by atomic mass is 35.5. The molecule has 1 aliphatic rings. The molecular weight excluding hydrogens is 202 g/mol. The first-order valence-corrected chi connectivity index (χ1v) is 5.28. The lowest BCUT2D eigenvalue weighted by molar-refractivity contribution is 0.0760. The Balaban J connectivity index is 2.09. The SMILES string of the molecule is O=C(c1ccc(CCl)o1)N1CCCC1. The molecule has 0 atom stereocenters. The number of hydrogen-bond donors (Lipinski definition) is 0. The molecular formula is C10H12ClNO2. The average Bonchev–Trinajstić information content (AvgIpc) is 2.88. The molecule has 76 valence electrons. The van der Waals surface area contributed by atoms with Crippen molar-refractivity contribution >= 4 is 17.5 Å². The molecule has 0 saturated carbocycles. The average molecular weight is 214 g/mol. The minimum absolute atomic E-state index is 0.0149. The molecule has 1 fully saturated rings. The van der Waals surface area contributed by atoms with Crippen LogP contribution >= 0.6 is 11.6 Å². The van der Waals surface area contributed by atoms with Gasteiger partial charge in [-0.1, -0.05) is 0 Å². The molecule has 2 rings (SSSR count). The number of likely N-dealkylation sites (tertiary alicyclic amines) is 1. The zero-order chi connectivity index (χ0) is 9.97. The molecule has 1 aliphatic heterocycles. The van der Waals surface area contributed by atoms with Gasteiger partial charge < -0.3 is 9.32 Å². The predicted molar refractivity (Wildman–Crippen MR) is 53.4 cm³/mol. The highest BCUT2D eigenvalue weighted by Crippen LogP contribution is 2.16. The summed E-state index contributed by atoms with van der Waals surface area (Å²) in [6, 6.07) is 3.44. The van der Waals surface area contributed by atoms with Crippen molar-refractivity contribution in [2.45, 2.75) is 18.7 Å². The summed E-state index contributed by atoms with van der Waals surface area (Å²) in [6.07, 6.45) is 2.18. The summed E-state index contributed by atoms with van der Waals surface area (Å²) in [5.74, 6) is 1.35. The van der Waals surface area contributed by atoms with E-state index in [1.807, 2.05) is 4.90 Å². The molecule has 4 heteroatoms. The van der Waals surface area contributed by atoms with Crippen LogP contribution in [0.25, 0.3) is 0 Å². The van der Waals surface area contributed by atoms with Gasteiger partial charge in [-0.15, -0.1) is 11.6 Å². The molecule has 0 aliphatic carbocycles. The van der Waals surface area contributed by atoms with Gasteiger partial charge in [-0.05, 0) is 25.0 Å². The van der Waals surface area contributed by atoms with E-state index in [9.17, 15) is 4.79 Å². The third-order valence-electron chi connectivity index (χ3n) is 2.40. The van der Waals surface area contributed by atoms with E-state index in [1.165, 1.54) is 0 Å². The standard InChI is InChI=1S/C10H12ClNO2/c11-7-8-3-4-9(14-8)10(13)12-5-1-2-6-12/h3-4H,1-2,5-7H2. The van der Waals surface area contributed by atoms with Crippen molar-refractivity contribution in [2.75, 3.05) is 13.1 Å². The third kappa shape index (κ3) is 1.77. The van der Waals surface area contributed by atoms with Gasteiger partial charge in [0.15, 0.2) is 5.76 Å². The zero-order valence-corrected chi connectivity index (χ0v) is 8.59. The van der Waals surface area contributed by atoms with E-state index in [2.05, 4.69) is 0 Å². The van der Waals surface area contributed by atoms with Gasteiger partial charge in [0.1, 0.15) is 5.76 Å². The highest BCUT2D eigenvalue weighted by molar-refractivity contribution is 6.16. The number of alkyl halides is 1. The summed E-state index contributed by atoms with van der Waals surface area (Å²) in [7, 11) is 0. The Labute approximate surface area is 87.6 Å². The Morgan fingerprint density at radius 1 is 1.43 bits per heavy atom. The van der Waals surface area contributed by atoms with Crippen LogP contribution in [0.15, 0.2) is 16.5 Å². The normalized spacial score (nSPS) is 16.2. The van der Waals surface area contributed by atoms with Crippen LogP contribution in [0.2, 0.25) is 0 Å². The number of carbonyl (C=O) groups excluding carboxylic acids is 1. The molecule has 1 aromatic rings. The van der Waals surface area contributed by atoms with Crippen LogP contribution in [0.5, 0.6) is 0 Å². The van der Waals surface area contributed by atoms with Gasteiger partial charge in [-0.3, -0.25) is 4.79 Å². The summed E-state index contributed by atoms with van der Waals surface area (Å²) >= 11 is 5.59. The molecule has 1 saturated heterocycles. The molecule has 0 bridgehead atoms. The van der Waals surface area contributed by atoms with E-state index in [4.69, 9.17) is 16.0 Å². The van der Waals surface area contributed by atoms with Crippen molar-refractivity contribution in [3.63, 3.8) is 0 Å². The maximum Gasteiger partial charge on any atom is 0.289 e. The van der Waals surface area contributed by atoms with Crippen LogP contribution in [0.3, 0.4) is 0 Å². The summed E-state index contributed by atoms with van der Waals surface area (Å²) < 4.78 is 5.28. The summed E-state index contributed by atoms with van der Waals surface area (Å²) in [5, 5.41) is 0. The van der Waals surface area contributed by atoms with Crippen LogP contribution < -0.4 is 0 Å². The lowest BCUT2D eigenvalue weighted by atomic mass is 10.4. The van der Waals surface area contributed by atoms with Crippen molar-refractivity contribution in [1.82, 2.24) is 4.90 Å². The number of hydrogen-bond acceptors (Lipinski definition) is 2. The molecule has 14 heavy (non-hydrogen) atoms. The number of amides is 1. The fourth-order valence-corrected chi connectivity index (χ4v) is 1.78. The fraction of sp³-hybridized carbons (Fsp3) is 0.500. The second-order valence-electron chi connectivity index (χ2n) is 3.40. The molecule has 3 nitrogen and oxygen atoms in total. The van der Waals surface area contributed by atoms with Gasteiger partial charge in [0.25, 0.3) is 5.91 Å². The smallest absolute Gasteiger partial charge is 0.289 e. The van der Waals surface area contributed by atoms with Crippen LogP contribution in [0.1, 0.15) is 29.2 Å². The van der Waals surface area contributed by atoms with Gasteiger partial charge in [0.2, 0.25) is 0 Å². The molecule has 2 heterocycles. The number of nitrogens with zero attached hydrogens (tertiary/aromatic N) is 1. The van der Waals surface area contributed by atoms with Gasteiger partial charge in [0.05, 0.1) is 5.88 Å². The lowest BCUT2D eigenvalue weighted by Gasteiger charge is -2.12. The Hall–Kier alpha value is -0.960. The van der Waals surface area contributed by atoms with E-state index in [-0.39, 0.29) is 5.91 Å². The summed E-state index contributed by atoms with van der Waals surface area (Å²) in [6.45, 7) is 1.69. The Morgan fingerprint density at radius 3 is 2.71 bits per heavy atom. The van der Waals surface area contributed by atoms with Crippen molar-refractivity contribution in [3.8, 4) is 0 Å². The van der Waals surface area contributed by atoms with Gasteiger partial charge >= 0.3 is 0 Å². The topological polar surface area (TPSA) is 33.5 Å². The first-order valence-electron chi connectivity index (χ1n) is 4.75. The molecule has 0 spiro atoms. The van der Waals surface area contributed by atoms with Gasteiger partial charge in [0, 0.05) is 13.1 Å². The predicted octanol–water partition coefficient (Wildman–Crippen LogP) is 2.25. The van der Waals surface area contributed by atoms with Crippen LogP contribution in [-0.4, -0.2) is 23.9 Å². The molecule has 0 radical (unpaired) electrons. The first-order chi connectivity index (χ1) is 6.81. The molecule has 0 unspecified atom stereocenters. The first kappa shape index (κ1) is 9.59. The number of carbonyl (C=O) groups is 1. The Kier molecular flexibility index (Phi) is 2.77. The molecule has 0 N–H and O–H groups in total. The Bertz CT molecular complexity index is 329. The minimum Gasteiger partial charge on any atom is -0.455 e. The molecule has 1 aromatic heterocycles. The van der Waals surface area contributed by atoms with E-state index in [0.717, 1.165) is 25.9 Å². The largest absolute Gasteiger partial charge is 0.455 e. The highest BCUT2D eigenvalue weighted by Gasteiger charge is 2.21. The zero-order valence-electron chi connectivity index (χ0n) is 7.83. The lowest BCUT2D eigenvalue weighted by Crippen LogP contribution is -2.27. The van der Waals surface area contributed by atoms with Crippen molar-refractivity contribution in [1.29, 1.82) is 0 Å². The molecule has 0 aromatic carbocycles. The van der Waals surface area contributed by atoms with Crippen LogP contribution in [0, 0.1) is 0 Å². The van der Waals surface area contributed by atoms with Crippen LogP contribution in [-0.2, 0) is 5.88 Å². The van der Waals surface area contributed by atoms with Crippen molar-refractivity contribution in [3.05, 3.63) is 23.7 Å². The number of halogens is 1. The summed E-state index contributed by atoms with van der Waals surface area (Å²) in [5.41, 5.74) is 0. The van der Waals surface area contributed by atoms with E-state index >= 15 is 0 Å². The third-order valence-corrected chi connectivity index (χ3v) is 2.66. The monoisotopic (exact) mass is 213 g/mol. The summed E-state index contributed by atoms with van der Waals surface area (Å²) in [4.78, 5) is 13.6. The van der Waals surface area contributed by atoms with Crippen molar-refractivity contribution in [2.24, 2.45) is 0 Å². The van der Waals surface area contributed by atoms with Gasteiger partial charge in [-0.2, -0.15) is 0 Å². The fourth-order valence-electron chi connectivity index (χ4n) is 1.64. The maximum atomic E-state index is 11.8. The quantitative estimate of drug-likeness (QED) is 0.706. The Morgan fingerprint density at radius 2 is 2.14 bits per heavy atom. The second kappa shape index (κ2) is 4.05. The van der Waals surface area contributed by atoms with Crippen LogP contribution in [0.4, 0.5) is 0 Å². The van der Waals surface area contributed by atoms with E-state index in [1.54, 1.807) is 12.1 Å². The van der Waals surface area contributed by atoms with E-state index in [0.29, 0.717) is 17.4 Å². The molecule has 1 amide bonds. The maximum absolute atomic E-state index is 11.8. The number of rotatable bonds is 2. The second-order valence-corrected chi connectivity index (χ2v) is 3.67. The number of furan rings is 1. The van der Waals surface area contributed by atoms with Crippen molar-refractivity contribution < 1.29 is 9.21 Å². The van der Waals surface area contributed by atoms with Gasteiger partial charge in [-0.25, -0.2) is 0 Å².